The van der Waals surface area contributed by atoms with E-state index in [4.69, 9.17) is 4.52 Å². The molecular weight excluding hydrogens is 407 g/mol. The number of hydrogen-bond donors (Lipinski definition) is 0. The molecule has 0 saturated heterocycles. The molecule has 0 aliphatic heterocycles. The molecule has 0 aromatic heterocycles. The molecule has 0 amide bonds. The molecule has 2 rings (SSSR count). The van der Waals surface area contributed by atoms with Crippen molar-refractivity contribution in [3.63, 3.8) is 0 Å². The maximum atomic E-state index is 13.6. The van der Waals surface area contributed by atoms with Crippen LogP contribution in [0, 0.1) is 13.8 Å². The van der Waals surface area contributed by atoms with Crippen molar-refractivity contribution in [2.75, 3.05) is 19.5 Å². The molecule has 0 radical (unpaired) electrons. The molecule has 0 saturated carbocycles. The number of aryl methyl sites for hydroxylation is 2. The summed E-state index contributed by atoms with van der Waals surface area (Å²) >= 11 is 1.63. The fraction of sp³-hybridized carbons (Fsp3) is 0.364. The number of hydrogen-bond acceptors (Lipinski definition) is 6. The van der Waals surface area contributed by atoms with E-state index in [0.717, 1.165) is 22.4 Å². The van der Waals surface area contributed by atoms with Gasteiger partial charge in [-0.15, -0.1) is 0 Å². The van der Waals surface area contributed by atoms with E-state index in [2.05, 4.69) is 4.74 Å². The Hall–Kier alpha value is -1.88. The van der Waals surface area contributed by atoms with Crippen molar-refractivity contribution in [3.05, 3.63) is 64.7 Å². The SMILES string of the molecule is CCOP(=O)(C(=O)c1c(C)cc(CSCCC(=O)OC)cc1C)c1ccccc1. The fourth-order valence-corrected chi connectivity index (χ4v) is 6.06. The van der Waals surface area contributed by atoms with Crippen LogP contribution in [0.15, 0.2) is 42.5 Å². The van der Waals surface area contributed by atoms with Gasteiger partial charge in [-0.05, 0) is 49.6 Å². The van der Waals surface area contributed by atoms with Crippen LogP contribution in [0.3, 0.4) is 0 Å². The first-order valence-corrected chi connectivity index (χ1v) is 12.2. The fourth-order valence-electron chi connectivity index (χ4n) is 3.13. The van der Waals surface area contributed by atoms with Gasteiger partial charge in [0.1, 0.15) is 0 Å². The Morgan fingerprint density at radius 3 is 2.24 bits per heavy atom. The van der Waals surface area contributed by atoms with E-state index >= 15 is 0 Å². The quantitative estimate of drug-likeness (QED) is 0.302. The van der Waals surface area contributed by atoms with Crippen LogP contribution in [0.1, 0.15) is 40.4 Å². The predicted octanol–water partition coefficient (Wildman–Crippen LogP) is 4.88. The molecule has 5 nitrogen and oxygen atoms in total. The Morgan fingerprint density at radius 2 is 1.69 bits per heavy atom. The van der Waals surface area contributed by atoms with Crippen molar-refractivity contribution in [1.82, 2.24) is 0 Å². The number of carbonyl (C=O) groups is 2. The van der Waals surface area contributed by atoms with Gasteiger partial charge in [-0.1, -0.05) is 30.3 Å². The molecule has 1 unspecified atom stereocenters. The summed E-state index contributed by atoms with van der Waals surface area (Å²) in [5.41, 5.74) is 2.58. The van der Waals surface area contributed by atoms with Crippen molar-refractivity contribution >= 4 is 35.9 Å². The van der Waals surface area contributed by atoms with Gasteiger partial charge in [0.15, 0.2) is 0 Å². The average Bonchev–Trinajstić information content (AvgIpc) is 2.71. The zero-order valence-electron chi connectivity index (χ0n) is 17.3. The first kappa shape index (κ1) is 23.4. The number of methoxy groups -OCH3 is 1. The van der Waals surface area contributed by atoms with Gasteiger partial charge < -0.3 is 9.26 Å². The molecule has 2 aromatic carbocycles. The number of rotatable bonds is 10. The predicted molar refractivity (Wildman–Crippen MR) is 118 cm³/mol. The van der Waals surface area contributed by atoms with Gasteiger partial charge in [0.05, 0.1) is 20.1 Å². The van der Waals surface area contributed by atoms with Crippen LogP contribution in [-0.2, 0) is 24.4 Å². The highest BCUT2D eigenvalue weighted by Gasteiger charge is 2.37. The van der Waals surface area contributed by atoms with Crippen LogP contribution in [0.5, 0.6) is 0 Å². The summed E-state index contributed by atoms with van der Waals surface area (Å²) in [6.45, 7) is 5.62. The van der Waals surface area contributed by atoms with Crippen LogP contribution in [0.2, 0.25) is 0 Å². The van der Waals surface area contributed by atoms with E-state index in [9.17, 15) is 14.2 Å². The molecule has 0 aliphatic rings. The topological polar surface area (TPSA) is 69.7 Å². The largest absolute Gasteiger partial charge is 0.469 e. The molecule has 1 atom stereocenters. The van der Waals surface area contributed by atoms with E-state index < -0.39 is 12.9 Å². The third kappa shape index (κ3) is 5.81. The minimum atomic E-state index is -3.69. The number of thioether (sulfide) groups is 1. The van der Waals surface area contributed by atoms with E-state index in [1.165, 1.54) is 7.11 Å². The van der Waals surface area contributed by atoms with Crippen LogP contribution in [-0.4, -0.2) is 31.0 Å². The lowest BCUT2D eigenvalue weighted by atomic mass is 10.0. The summed E-state index contributed by atoms with van der Waals surface area (Å²) in [6, 6.07) is 12.5. The molecule has 0 spiro atoms. The maximum absolute atomic E-state index is 13.6. The van der Waals surface area contributed by atoms with Gasteiger partial charge in [-0.25, -0.2) is 0 Å². The Kier molecular flexibility index (Phi) is 8.69. The normalized spacial score (nSPS) is 13.0. The number of carbonyl (C=O) groups excluding carboxylic acids is 2. The Balaban J connectivity index is 2.26. The van der Waals surface area contributed by atoms with Gasteiger partial charge in [0.2, 0.25) is 0 Å². The third-order valence-corrected chi connectivity index (χ3v) is 7.82. The summed E-state index contributed by atoms with van der Waals surface area (Å²) < 4.78 is 23.8. The second kappa shape index (κ2) is 10.8. The van der Waals surface area contributed by atoms with E-state index in [1.807, 2.05) is 32.0 Å². The van der Waals surface area contributed by atoms with E-state index in [-0.39, 0.29) is 12.6 Å². The van der Waals surface area contributed by atoms with Crippen molar-refractivity contribution < 1.29 is 23.4 Å². The van der Waals surface area contributed by atoms with E-state index in [1.54, 1.807) is 43.0 Å². The Bertz CT molecular complexity index is 888. The molecule has 0 fully saturated rings. The minimum Gasteiger partial charge on any atom is -0.469 e. The maximum Gasteiger partial charge on any atom is 0.306 e. The van der Waals surface area contributed by atoms with Crippen LogP contribution < -0.4 is 5.30 Å². The minimum absolute atomic E-state index is 0.185. The molecule has 2 aromatic rings. The first-order valence-electron chi connectivity index (χ1n) is 9.43. The lowest BCUT2D eigenvalue weighted by molar-refractivity contribution is -0.140. The molecule has 29 heavy (non-hydrogen) atoms. The van der Waals surface area contributed by atoms with Crippen molar-refractivity contribution in [2.45, 2.75) is 32.9 Å². The van der Waals surface area contributed by atoms with Crippen LogP contribution in [0.25, 0.3) is 0 Å². The molecule has 0 N–H and O–H groups in total. The molecule has 156 valence electrons. The van der Waals surface area contributed by atoms with Crippen LogP contribution in [0.4, 0.5) is 0 Å². The summed E-state index contributed by atoms with van der Waals surface area (Å²) in [6.07, 6.45) is 0.365. The van der Waals surface area contributed by atoms with Gasteiger partial charge in [-0.2, -0.15) is 11.8 Å². The lowest BCUT2D eigenvalue weighted by Gasteiger charge is -2.20. The second-order valence-electron chi connectivity index (χ2n) is 6.59. The Labute approximate surface area is 176 Å². The van der Waals surface area contributed by atoms with Crippen molar-refractivity contribution in [3.8, 4) is 0 Å². The third-order valence-electron chi connectivity index (χ3n) is 4.43. The highest BCUT2D eigenvalue weighted by atomic mass is 32.2. The molecule has 0 aliphatic carbocycles. The second-order valence-corrected chi connectivity index (χ2v) is 9.98. The lowest BCUT2D eigenvalue weighted by Crippen LogP contribution is -2.17. The average molecular weight is 434 g/mol. The van der Waals surface area contributed by atoms with Gasteiger partial charge in [0, 0.05) is 22.4 Å². The highest BCUT2D eigenvalue weighted by molar-refractivity contribution is 7.98. The van der Waals surface area contributed by atoms with E-state index in [0.29, 0.717) is 23.0 Å². The summed E-state index contributed by atoms with van der Waals surface area (Å²) in [5.74, 6) is 1.16. The van der Waals surface area contributed by atoms with Gasteiger partial charge in [0.25, 0.3) is 5.52 Å². The van der Waals surface area contributed by atoms with Gasteiger partial charge in [-0.3, -0.25) is 14.2 Å². The van der Waals surface area contributed by atoms with Crippen molar-refractivity contribution in [1.29, 1.82) is 0 Å². The highest BCUT2D eigenvalue weighted by Crippen LogP contribution is 2.50. The molecule has 7 heteroatoms. The monoisotopic (exact) mass is 434 g/mol. The number of esters is 1. The number of benzene rings is 2. The first-order chi connectivity index (χ1) is 13.8. The smallest absolute Gasteiger partial charge is 0.306 e. The van der Waals surface area contributed by atoms with Crippen molar-refractivity contribution in [2.24, 2.45) is 0 Å². The molecule has 0 bridgehead atoms. The molecular formula is C22H27O5PS. The number of ether oxygens (including phenoxy) is 1. The van der Waals surface area contributed by atoms with Gasteiger partial charge >= 0.3 is 13.3 Å². The standard InChI is InChI=1S/C22H27O5PS/c1-5-27-28(25,19-9-7-6-8-10-19)22(24)21-16(2)13-18(14-17(21)3)15-29-12-11-20(23)26-4/h6-10,13-14H,5,11-12,15H2,1-4H3. The molecule has 0 heterocycles. The van der Waals surface area contributed by atoms with Crippen LogP contribution >= 0.6 is 19.1 Å². The zero-order valence-corrected chi connectivity index (χ0v) is 19.0. The summed E-state index contributed by atoms with van der Waals surface area (Å²) in [7, 11) is -2.31. The Morgan fingerprint density at radius 1 is 1.07 bits per heavy atom. The summed E-state index contributed by atoms with van der Waals surface area (Å²) in [5, 5.41) is 0.410. The zero-order chi connectivity index (χ0) is 21.4. The summed E-state index contributed by atoms with van der Waals surface area (Å²) in [4.78, 5) is 24.5.